The highest BCUT2D eigenvalue weighted by Gasteiger charge is 2.32. The minimum absolute atomic E-state index is 0.127. The van der Waals surface area contributed by atoms with E-state index in [0.29, 0.717) is 43.6 Å². The lowest BCUT2D eigenvalue weighted by molar-refractivity contribution is 0.0772. The molecule has 0 radical (unpaired) electrons. The van der Waals surface area contributed by atoms with Gasteiger partial charge in [0, 0.05) is 31.7 Å². The molecule has 0 aromatic heterocycles. The predicted octanol–water partition coefficient (Wildman–Crippen LogP) is 2.84. The molecule has 2 rings (SSSR count). The van der Waals surface area contributed by atoms with Crippen molar-refractivity contribution in [3.8, 4) is 0 Å². The van der Waals surface area contributed by atoms with Crippen molar-refractivity contribution < 1.29 is 13.2 Å². The van der Waals surface area contributed by atoms with Gasteiger partial charge in [0.05, 0.1) is 4.90 Å². The Balaban J connectivity index is 2.31. The molecule has 1 aliphatic rings. The molecule has 0 N–H and O–H groups in total. The van der Waals surface area contributed by atoms with Gasteiger partial charge in [-0.25, -0.2) is 8.42 Å². The van der Waals surface area contributed by atoms with Crippen LogP contribution in [-0.2, 0) is 10.0 Å². The minimum atomic E-state index is -3.56. The van der Waals surface area contributed by atoms with E-state index in [4.69, 9.17) is 0 Å². The third-order valence-electron chi connectivity index (χ3n) is 4.60. The molecule has 1 aromatic carbocycles. The van der Waals surface area contributed by atoms with Crippen molar-refractivity contribution in [2.24, 2.45) is 11.8 Å². The highest BCUT2D eigenvalue weighted by atomic mass is 32.2. The topological polar surface area (TPSA) is 57.7 Å². The van der Waals surface area contributed by atoms with Crippen LogP contribution in [-0.4, -0.2) is 49.7 Å². The van der Waals surface area contributed by atoms with E-state index in [1.54, 1.807) is 27.4 Å². The molecule has 1 aliphatic heterocycles. The zero-order chi connectivity index (χ0) is 17.9. The molecule has 6 heteroatoms. The molecule has 2 atom stereocenters. The fourth-order valence-corrected chi connectivity index (χ4v) is 5.16. The molecular weight excluding hydrogens is 324 g/mol. The van der Waals surface area contributed by atoms with E-state index in [1.807, 2.05) is 13.8 Å². The van der Waals surface area contributed by atoms with Crippen LogP contribution in [0.1, 0.15) is 44.5 Å². The maximum atomic E-state index is 13.0. The van der Waals surface area contributed by atoms with Crippen LogP contribution in [0.2, 0.25) is 0 Å². The van der Waals surface area contributed by atoms with Gasteiger partial charge in [0.15, 0.2) is 0 Å². The standard InChI is InChI=1S/C18H28N2O3S/c1-5-19(6-2)18(21)16-8-7-9-17(11-16)24(22,23)20-12-14(3)10-15(4)13-20/h7-9,11,14-15H,5-6,10,12-13H2,1-4H3. The Kier molecular flexibility index (Phi) is 6.04. The minimum Gasteiger partial charge on any atom is -0.339 e. The first kappa shape index (κ1) is 18.9. The highest BCUT2D eigenvalue weighted by Crippen LogP contribution is 2.27. The summed E-state index contributed by atoms with van der Waals surface area (Å²) in [6, 6.07) is 6.43. The largest absolute Gasteiger partial charge is 0.339 e. The van der Waals surface area contributed by atoms with Gasteiger partial charge in [-0.05, 0) is 50.3 Å². The summed E-state index contributed by atoms with van der Waals surface area (Å²) < 4.78 is 27.5. The van der Waals surface area contributed by atoms with Crippen LogP contribution in [0, 0.1) is 11.8 Å². The number of hydrogen-bond acceptors (Lipinski definition) is 3. The quantitative estimate of drug-likeness (QED) is 0.819. The van der Waals surface area contributed by atoms with Gasteiger partial charge in [0.1, 0.15) is 0 Å². The summed E-state index contributed by atoms with van der Waals surface area (Å²) in [5.41, 5.74) is 0.429. The second kappa shape index (κ2) is 7.66. The highest BCUT2D eigenvalue weighted by molar-refractivity contribution is 7.89. The average Bonchev–Trinajstić information content (AvgIpc) is 2.55. The van der Waals surface area contributed by atoms with Crippen LogP contribution in [0.5, 0.6) is 0 Å². The summed E-state index contributed by atoms with van der Waals surface area (Å²) in [6.45, 7) is 10.3. The van der Waals surface area contributed by atoms with Crippen LogP contribution in [0.15, 0.2) is 29.2 Å². The van der Waals surface area contributed by atoms with Crippen molar-refractivity contribution in [2.45, 2.75) is 39.0 Å². The van der Waals surface area contributed by atoms with Gasteiger partial charge in [0.2, 0.25) is 10.0 Å². The van der Waals surface area contributed by atoms with Gasteiger partial charge < -0.3 is 4.90 Å². The maximum absolute atomic E-state index is 13.0. The van der Waals surface area contributed by atoms with Crippen molar-refractivity contribution in [1.29, 1.82) is 0 Å². The van der Waals surface area contributed by atoms with Gasteiger partial charge in [-0.2, -0.15) is 4.31 Å². The van der Waals surface area contributed by atoms with Gasteiger partial charge in [-0.15, -0.1) is 0 Å². The summed E-state index contributed by atoms with van der Waals surface area (Å²) in [5.74, 6) is 0.574. The number of carbonyl (C=O) groups excluding carboxylic acids is 1. The molecule has 1 heterocycles. The van der Waals surface area contributed by atoms with Crippen molar-refractivity contribution in [2.75, 3.05) is 26.2 Å². The Bertz CT molecular complexity index is 673. The number of nitrogens with zero attached hydrogens (tertiary/aromatic N) is 2. The van der Waals surface area contributed by atoms with Gasteiger partial charge in [-0.1, -0.05) is 19.9 Å². The summed E-state index contributed by atoms with van der Waals surface area (Å²) in [7, 11) is -3.56. The Morgan fingerprint density at radius 1 is 1.17 bits per heavy atom. The third kappa shape index (κ3) is 3.98. The molecule has 24 heavy (non-hydrogen) atoms. The van der Waals surface area contributed by atoms with Gasteiger partial charge >= 0.3 is 0 Å². The first-order chi connectivity index (χ1) is 11.3. The monoisotopic (exact) mass is 352 g/mol. The molecule has 1 fully saturated rings. The fraction of sp³-hybridized carbons (Fsp3) is 0.611. The number of sulfonamides is 1. The van der Waals surface area contributed by atoms with Crippen LogP contribution < -0.4 is 0 Å². The zero-order valence-corrected chi connectivity index (χ0v) is 15.8. The molecule has 0 spiro atoms. The van der Waals surface area contributed by atoms with Crippen LogP contribution in [0.3, 0.4) is 0 Å². The molecule has 0 aliphatic carbocycles. The molecule has 2 unspecified atom stereocenters. The van der Waals surface area contributed by atoms with E-state index < -0.39 is 10.0 Å². The van der Waals surface area contributed by atoms with Gasteiger partial charge in [0.25, 0.3) is 5.91 Å². The molecule has 1 amide bonds. The van der Waals surface area contributed by atoms with E-state index in [0.717, 1.165) is 6.42 Å². The van der Waals surface area contributed by atoms with Crippen molar-refractivity contribution in [1.82, 2.24) is 9.21 Å². The molecule has 1 saturated heterocycles. The Labute approximate surface area is 145 Å². The summed E-state index contributed by atoms with van der Waals surface area (Å²) in [4.78, 5) is 14.4. The van der Waals surface area contributed by atoms with Crippen molar-refractivity contribution in [3.63, 3.8) is 0 Å². The molecule has 134 valence electrons. The van der Waals surface area contributed by atoms with Gasteiger partial charge in [-0.3, -0.25) is 4.79 Å². The SMILES string of the molecule is CCN(CC)C(=O)c1cccc(S(=O)(=O)N2CC(C)CC(C)C2)c1. The van der Waals surface area contributed by atoms with E-state index in [-0.39, 0.29) is 10.8 Å². The fourth-order valence-electron chi connectivity index (χ4n) is 3.43. The first-order valence-electron chi connectivity index (χ1n) is 8.69. The third-order valence-corrected chi connectivity index (χ3v) is 6.43. The number of hydrogen-bond donors (Lipinski definition) is 0. The lowest BCUT2D eigenvalue weighted by Crippen LogP contribution is -2.42. The van der Waals surface area contributed by atoms with E-state index >= 15 is 0 Å². The van der Waals surface area contributed by atoms with Crippen LogP contribution in [0.4, 0.5) is 0 Å². The van der Waals surface area contributed by atoms with Crippen molar-refractivity contribution in [3.05, 3.63) is 29.8 Å². The first-order valence-corrected chi connectivity index (χ1v) is 10.1. The van der Waals surface area contributed by atoms with Crippen LogP contribution in [0.25, 0.3) is 0 Å². The number of piperidine rings is 1. The Morgan fingerprint density at radius 2 is 1.75 bits per heavy atom. The number of benzene rings is 1. The lowest BCUT2D eigenvalue weighted by Gasteiger charge is -2.34. The lowest BCUT2D eigenvalue weighted by atomic mass is 9.94. The maximum Gasteiger partial charge on any atom is 0.253 e. The number of rotatable bonds is 5. The molecule has 0 bridgehead atoms. The Hall–Kier alpha value is -1.40. The van der Waals surface area contributed by atoms with Crippen LogP contribution >= 0.6 is 0 Å². The van der Waals surface area contributed by atoms with Crippen molar-refractivity contribution >= 4 is 15.9 Å². The molecular formula is C18H28N2O3S. The normalized spacial score (nSPS) is 22.3. The summed E-state index contributed by atoms with van der Waals surface area (Å²) >= 11 is 0. The molecule has 5 nitrogen and oxygen atoms in total. The predicted molar refractivity (Wildman–Crippen MR) is 95.4 cm³/mol. The van der Waals surface area contributed by atoms with E-state index in [1.165, 1.54) is 6.07 Å². The smallest absolute Gasteiger partial charge is 0.253 e. The summed E-state index contributed by atoms with van der Waals surface area (Å²) in [6.07, 6.45) is 1.05. The van der Waals surface area contributed by atoms with E-state index in [2.05, 4.69) is 13.8 Å². The Morgan fingerprint density at radius 3 is 2.29 bits per heavy atom. The second-order valence-corrected chi connectivity index (χ2v) is 8.71. The molecule has 0 saturated carbocycles. The molecule has 1 aromatic rings. The van der Waals surface area contributed by atoms with E-state index in [9.17, 15) is 13.2 Å². The average molecular weight is 353 g/mol. The number of carbonyl (C=O) groups is 1. The second-order valence-electron chi connectivity index (χ2n) is 6.77. The number of amides is 1. The summed E-state index contributed by atoms with van der Waals surface area (Å²) in [5, 5.41) is 0. The zero-order valence-electron chi connectivity index (χ0n) is 15.0.